The molecule has 25 heavy (non-hydrogen) atoms. The smallest absolute Gasteiger partial charge is 0.287 e. The van der Waals surface area contributed by atoms with Crippen LogP contribution in [-0.4, -0.2) is 30.8 Å². The highest BCUT2D eigenvalue weighted by Crippen LogP contribution is 2.21. The first-order chi connectivity index (χ1) is 12.2. The molecule has 3 aromatic rings. The summed E-state index contributed by atoms with van der Waals surface area (Å²) in [7, 11) is 1.61. The van der Waals surface area contributed by atoms with E-state index in [0.717, 1.165) is 28.0 Å². The lowest BCUT2D eigenvalue weighted by Gasteiger charge is -2.01. The lowest BCUT2D eigenvalue weighted by Crippen LogP contribution is -2.17. The Morgan fingerprint density at radius 1 is 1.16 bits per heavy atom. The van der Waals surface area contributed by atoms with E-state index in [0.29, 0.717) is 12.3 Å². The molecule has 1 aromatic heterocycles. The number of amides is 1. The van der Waals surface area contributed by atoms with Gasteiger partial charge in [-0.2, -0.15) is 5.10 Å². The quantitative estimate of drug-likeness (QED) is 0.535. The van der Waals surface area contributed by atoms with Crippen molar-refractivity contribution in [2.75, 3.05) is 13.7 Å². The molecule has 0 atom stereocenters. The van der Waals surface area contributed by atoms with Crippen LogP contribution >= 0.6 is 0 Å². The number of H-pyrrole nitrogens is 1. The summed E-state index contributed by atoms with van der Waals surface area (Å²) in [6.45, 7) is 2.53. The van der Waals surface area contributed by atoms with Gasteiger partial charge < -0.3 is 14.5 Å². The summed E-state index contributed by atoms with van der Waals surface area (Å²) in [6.07, 6.45) is 1.58. The third-order valence-corrected chi connectivity index (χ3v) is 3.64. The minimum atomic E-state index is -0.307. The molecule has 3 rings (SSSR count). The van der Waals surface area contributed by atoms with Crippen molar-refractivity contribution >= 4 is 23.0 Å². The Kier molecular flexibility index (Phi) is 4.99. The van der Waals surface area contributed by atoms with E-state index in [1.807, 2.05) is 49.4 Å². The summed E-state index contributed by atoms with van der Waals surface area (Å²) < 4.78 is 10.6. The highest BCUT2D eigenvalue weighted by Gasteiger charge is 2.09. The molecule has 0 fully saturated rings. The van der Waals surface area contributed by atoms with Crippen molar-refractivity contribution in [1.82, 2.24) is 10.4 Å². The Balaban J connectivity index is 1.67. The summed E-state index contributed by atoms with van der Waals surface area (Å²) in [6, 6.07) is 14.8. The molecular formula is C19H19N3O3. The largest absolute Gasteiger partial charge is 0.497 e. The van der Waals surface area contributed by atoms with Crippen LogP contribution in [0, 0.1) is 0 Å². The maximum absolute atomic E-state index is 12.2. The van der Waals surface area contributed by atoms with Crippen molar-refractivity contribution in [3.63, 3.8) is 0 Å². The number of carbonyl (C=O) groups excluding carboxylic acids is 1. The molecule has 128 valence electrons. The van der Waals surface area contributed by atoms with Crippen LogP contribution in [0.3, 0.4) is 0 Å². The predicted octanol–water partition coefficient (Wildman–Crippen LogP) is 3.34. The molecule has 6 heteroatoms. The van der Waals surface area contributed by atoms with Gasteiger partial charge in [-0.25, -0.2) is 5.43 Å². The molecule has 1 heterocycles. The van der Waals surface area contributed by atoms with Crippen molar-refractivity contribution in [3.05, 3.63) is 59.8 Å². The predicted molar refractivity (Wildman–Crippen MR) is 97.5 cm³/mol. The number of hydrogen-bond donors (Lipinski definition) is 2. The number of nitrogens with zero attached hydrogens (tertiary/aromatic N) is 1. The molecule has 0 spiro atoms. The van der Waals surface area contributed by atoms with Crippen LogP contribution in [0.25, 0.3) is 10.9 Å². The molecule has 2 aromatic carbocycles. The second-order valence-corrected chi connectivity index (χ2v) is 5.34. The molecule has 0 aliphatic heterocycles. The summed E-state index contributed by atoms with van der Waals surface area (Å²) in [5, 5.41) is 4.89. The number of hydrogen-bond acceptors (Lipinski definition) is 4. The maximum Gasteiger partial charge on any atom is 0.287 e. The van der Waals surface area contributed by atoms with Crippen LogP contribution in [0.2, 0.25) is 0 Å². The lowest BCUT2D eigenvalue weighted by molar-refractivity contribution is 0.0951. The van der Waals surface area contributed by atoms with Crippen molar-refractivity contribution in [3.8, 4) is 11.5 Å². The zero-order valence-electron chi connectivity index (χ0n) is 14.1. The average molecular weight is 337 g/mol. The number of carbonyl (C=O) groups is 1. The van der Waals surface area contributed by atoms with Crippen LogP contribution in [0.1, 0.15) is 23.0 Å². The van der Waals surface area contributed by atoms with Crippen molar-refractivity contribution in [2.45, 2.75) is 6.92 Å². The number of aromatic amines is 1. The van der Waals surface area contributed by atoms with Gasteiger partial charge in [0.25, 0.3) is 5.91 Å². The van der Waals surface area contributed by atoms with E-state index in [1.54, 1.807) is 19.4 Å². The molecule has 0 unspecified atom stereocenters. The summed E-state index contributed by atoms with van der Waals surface area (Å²) in [5.41, 5.74) is 4.68. The molecule has 0 bridgehead atoms. The van der Waals surface area contributed by atoms with E-state index >= 15 is 0 Å². The molecule has 0 saturated heterocycles. The number of methoxy groups -OCH3 is 1. The van der Waals surface area contributed by atoms with Gasteiger partial charge >= 0.3 is 0 Å². The van der Waals surface area contributed by atoms with Gasteiger partial charge in [0.05, 0.1) is 19.9 Å². The molecule has 2 N–H and O–H groups in total. The van der Waals surface area contributed by atoms with Crippen molar-refractivity contribution in [1.29, 1.82) is 0 Å². The van der Waals surface area contributed by atoms with Gasteiger partial charge in [0.15, 0.2) is 0 Å². The normalized spacial score (nSPS) is 11.0. The van der Waals surface area contributed by atoms with Crippen LogP contribution in [0.5, 0.6) is 11.5 Å². The fourth-order valence-corrected chi connectivity index (χ4v) is 2.41. The Labute approximate surface area is 145 Å². The van der Waals surface area contributed by atoms with E-state index in [4.69, 9.17) is 9.47 Å². The third-order valence-electron chi connectivity index (χ3n) is 3.64. The number of rotatable bonds is 6. The number of fused-ring (bicyclic) bond motifs is 1. The second-order valence-electron chi connectivity index (χ2n) is 5.34. The molecule has 0 aliphatic rings. The van der Waals surface area contributed by atoms with Gasteiger partial charge in [-0.15, -0.1) is 0 Å². The summed E-state index contributed by atoms with van der Waals surface area (Å²) >= 11 is 0. The maximum atomic E-state index is 12.2. The number of ether oxygens (including phenoxy) is 2. The number of nitrogens with one attached hydrogen (secondary N) is 2. The van der Waals surface area contributed by atoms with Crippen LogP contribution in [0.4, 0.5) is 0 Å². The van der Waals surface area contributed by atoms with E-state index in [9.17, 15) is 4.79 Å². The molecule has 0 aliphatic carbocycles. The first kappa shape index (κ1) is 16.6. The second kappa shape index (κ2) is 7.53. The van der Waals surface area contributed by atoms with E-state index in [2.05, 4.69) is 15.5 Å². The van der Waals surface area contributed by atoms with Gasteiger partial charge in [0.2, 0.25) is 0 Å². The van der Waals surface area contributed by atoms with Crippen molar-refractivity contribution < 1.29 is 14.3 Å². The Bertz CT molecular complexity index is 898. The first-order valence-corrected chi connectivity index (χ1v) is 7.92. The monoisotopic (exact) mass is 337 g/mol. The minimum Gasteiger partial charge on any atom is -0.497 e. The lowest BCUT2D eigenvalue weighted by atomic mass is 10.2. The fourth-order valence-electron chi connectivity index (χ4n) is 2.41. The minimum absolute atomic E-state index is 0.307. The number of hydrazone groups is 1. The zero-order valence-corrected chi connectivity index (χ0v) is 14.1. The summed E-state index contributed by atoms with van der Waals surface area (Å²) in [5.74, 6) is 1.24. The average Bonchev–Trinajstić information content (AvgIpc) is 3.06. The number of benzene rings is 2. The Hall–Kier alpha value is -3.28. The zero-order chi connectivity index (χ0) is 17.6. The first-order valence-electron chi connectivity index (χ1n) is 7.92. The van der Waals surface area contributed by atoms with Gasteiger partial charge in [0, 0.05) is 10.9 Å². The Morgan fingerprint density at radius 2 is 1.92 bits per heavy atom. The highest BCUT2D eigenvalue weighted by molar-refractivity contribution is 5.98. The summed E-state index contributed by atoms with van der Waals surface area (Å²) in [4.78, 5) is 15.3. The fraction of sp³-hybridized carbons (Fsp3) is 0.158. The molecule has 1 amide bonds. The van der Waals surface area contributed by atoms with Crippen LogP contribution in [-0.2, 0) is 0 Å². The third kappa shape index (κ3) is 3.98. The molecular weight excluding hydrogens is 318 g/mol. The van der Waals surface area contributed by atoms with Gasteiger partial charge in [-0.1, -0.05) is 0 Å². The van der Waals surface area contributed by atoms with E-state index in [-0.39, 0.29) is 5.91 Å². The van der Waals surface area contributed by atoms with Gasteiger partial charge in [-0.05, 0) is 61.0 Å². The number of aromatic nitrogens is 1. The van der Waals surface area contributed by atoms with Gasteiger partial charge in [-0.3, -0.25) is 4.79 Å². The molecule has 6 nitrogen and oxygen atoms in total. The van der Waals surface area contributed by atoms with E-state index in [1.165, 1.54) is 0 Å². The Morgan fingerprint density at radius 3 is 2.64 bits per heavy atom. The van der Waals surface area contributed by atoms with Crippen LogP contribution < -0.4 is 14.9 Å². The highest BCUT2D eigenvalue weighted by atomic mass is 16.5. The van der Waals surface area contributed by atoms with E-state index < -0.39 is 0 Å². The van der Waals surface area contributed by atoms with Crippen LogP contribution in [0.15, 0.2) is 53.6 Å². The van der Waals surface area contributed by atoms with Crippen molar-refractivity contribution in [2.24, 2.45) is 5.10 Å². The van der Waals surface area contributed by atoms with Gasteiger partial charge in [0.1, 0.15) is 17.2 Å². The topological polar surface area (TPSA) is 75.7 Å². The molecule has 0 radical (unpaired) electrons. The SMILES string of the molecule is CCOc1ccc2[nH]c(C(=O)N/N=C/c3ccc(OC)cc3)cc2c1. The molecule has 0 saturated carbocycles. The standard InChI is InChI=1S/C19H19N3O3/c1-3-25-16-8-9-17-14(10-16)11-18(21-17)19(23)22-20-12-13-4-6-15(24-2)7-5-13/h4-12,21H,3H2,1-2H3,(H,22,23)/b20-12+.